The van der Waals surface area contributed by atoms with Crippen LogP contribution < -0.4 is 0 Å². The van der Waals surface area contributed by atoms with Gasteiger partial charge in [0.25, 0.3) is 0 Å². The van der Waals surface area contributed by atoms with Crippen molar-refractivity contribution in [2.75, 3.05) is 0 Å². The summed E-state index contributed by atoms with van der Waals surface area (Å²) < 4.78 is 46.3. The van der Waals surface area contributed by atoms with Gasteiger partial charge in [-0.15, -0.1) is 0 Å². The highest BCUT2D eigenvalue weighted by atomic mass is 19.4. The fourth-order valence-electron chi connectivity index (χ4n) is 9.87. The largest absolute Gasteiger partial charge is 0.416 e. The van der Waals surface area contributed by atoms with Gasteiger partial charge in [0.2, 0.25) is 0 Å². The van der Waals surface area contributed by atoms with Crippen molar-refractivity contribution in [3.8, 4) is 92.3 Å². The van der Waals surface area contributed by atoms with Crippen LogP contribution in [0.4, 0.5) is 13.2 Å². The normalized spacial score (nSPS) is 11.2. The van der Waals surface area contributed by atoms with Crippen LogP contribution in [0, 0.1) is 68.0 Å². The van der Waals surface area contributed by atoms with Gasteiger partial charge < -0.3 is 9.13 Å². The van der Waals surface area contributed by atoms with Gasteiger partial charge in [0.15, 0.2) is 0 Å². The van der Waals surface area contributed by atoms with Gasteiger partial charge in [-0.2, -0.15) is 44.7 Å². The smallest absolute Gasteiger partial charge is 0.309 e. The van der Waals surface area contributed by atoms with E-state index in [1.807, 2.05) is 109 Å². The van der Waals surface area contributed by atoms with E-state index in [0.29, 0.717) is 67.0 Å². The molecule has 11 aromatic rings. The molecule has 9 aromatic carbocycles. The summed E-state index contributed by atoms with van der Waals surface area (Å²) in [5.74, 6) is 0. The highest BCUT2D eigenvalue weighted by molar-refractivity contribution is 6.13. The molecule has 0 bridgehead atoms. The average Bonchev–Trinajstić information content (AvgIpc) is 3.93. The number of aromatic nitrogens is 2. The lowest BCUT2D eigenvalue weighted by Crippen LogP contribution is -2.05. The Morgan fingerprint density at radius 2 is 0.764 bits per heavy atom. The highest BCUT2D eigenvalue weighted by Gasteiger charge is 2.31. The minimum absolute atomic E-state index is 0.167. The van der Waals surface area contributed by atoms with Crippen LogP contribution in [-0.2, 0) is 6.18 Å². The zero-order valence-electron chi connectivity index (χ0n) is 37.5. The zero-order chi connectivity index (χ0) is 49.8. The topological polar surface area (TPSA) is 153 Å². The summed E-state index contributed by atoms with van der Waals surface area (Å²) in [6.45, 7) is 0. The Hall–Kier alpha value is -10.7. The van der Waals surface area contributed by atoms with Crippen molar-refractivity contribution in [3.05, 3.63) is 215 Å². The summed E-state index contributed by atoms with van der Waals surface area (Å²) in [6, 6.07) is 64.6. The maximum atomic E-state index is 14.0. The molecular formula is C61H29F3N8. The van der Waals surface area contributed by atoms with E-state index in [1.54, 1.807) is 54.6 Å². The van der Waals surface area contributed by atoms with E-state index in [1.165, 1.54) is 6.07 Å². The Balaban J connectivity index is 1.21. The second-order valence-electron chi connectivity index (χ2n) is 17.2. The summed E-state index contributed by atoms with van der Waals surface area (Å²) in [5, 5.41) is 63.6. The molecule has 0 amide bonds. The van der Waals surface area contributed by atoms with Gasteiger partial charge in [-0.25, -0.2) is 0 Å². The molecule has 72 heavy (non-hydrogen) atoms. The number of halogens is 3. The summed E-state index contributed by atoms with van der Waals surface area (Å²) in [4.78, 5) is 0. The van der Waals surface area contributed by atoms with Crippen molar-refractivity contribution in [1.82, 2.24) is 9.13 Å². The van der Waals surface area contributed by atoms with E-state index in [-0.39, 0.29) is 11.1 Å². The summed E-state index contributed by atoms with van der Waals surface area (Å²) in [7, 11) is 0. The Morgan fingerprint density at radius 3 is 1.24 bits per heavy atom. The van der Waals surface area contributed by atoms with E-state index in [4.69, 9.17) is 0 Å². The van der Waals surface area contributed by atoms with Crippen LogP contribution in [0.3, 0.4) is 0 Å². The third-order valence-corrected chi connectivity index (χ3v) is 13.1. The van der Waals surface area contributed by atoms with Crippen molar-refractivity contribution in [3.63, 3.8) is 0 Å². The van der Waals surface area contributed by atoms with Crippen molar-refractivity contribution in [2.24, 2.45) is 0 Å². The first-order valence-electron chi connectivity index (χ1n) is 22.3. The van der Waals surface area contributed by atoms with Crippen LogP contribution in [0.15, 0.2) is 176 Å². The number of rotatable bonds is 6. The van der Waals surface area contributed by atoms with Gasteiger partial charge in [0.05, 0.1) is 109 Å². The van der Waals surface area contributed by atoms with Crippen LogP contribution in [0.1, 0.15) is 38.9 Å². The van der Waals surface area contributed by atoms with E-state index in [9.17, 15) is 44.7 Å². The van der Waals surface area contributed by atoms with Crippen LogP contribution in [0.2, 0.25) is 0 Å². The first-order valence-corrected chi connectivity index (χ1v) is 22.3. The average molecular weight is 931 g/mol. The van der Waals surface area contributed by atoms with Crippen LogP contribution >= 0.6 is 0 Å². The van der Waals surface area contributed by atoms with E-state index >= 15 is 0 Å². The van der Waals surface area contributed by atoms with Crippen molar-refractivity contribution in [2.45, 2.75) is 6.18 Å². The number of nitrogens with zero attached hydrogens (tertiary/aromatic N) is 8. The van der Waals surface area contributed by atoms with Crippen molar-refractivity contribution >= 4 is 43.6 Å². The number of hydrogen-bond donors (Lipinski definition) is 0. The van der Waals surface area contributed by atoms with Crippen molar-refractivity contribution in [1.29, 1.82) is 31.6 Å². The van der Waals surface area contributed by atoms with E-state index in [0.717, 1.165) is 66.9 Å². The lowest BCUT2D eigenvalue weighted by atomic mass is 9.92. The monoisotopic (exact) mass is 930 g/mol. The van der Waals surface area contributed by atoms with Gasteiger partial charge in [0, 0.05) is 32.7 Å². The molecule has 0 atom stereocenters. The lowest BCUT2D eigenvalue weighted by Gasteiger charge is -2.20. The van der Waals surface area contributed by atoms with Crippen LogP contribution in [0.5, 0.6) is 0 Å². The Morgan fingerprint density at radius 1 is 0.319 bits per heavy atom. The molecule has 0 saturated heterocycles. The lowest BCUT2D eigenvalue weighted by molar-refractivity contribution is -0.137. The maximum Gasteiger partial charge on any atom is 0.416 e. The quantitative estimate of drug-likeness (QED) is 0.162. The summed E-state index contributed by atoms with van der Waals surface area (Å²) in [6.07, 6.45) is -4.68. The van der Waals surface area contributed by atoms with Gasteiger partial charge in [-0.1, -0.05) is 60.7 Å². The number of alkyl halides is 3. The molecule has 2 heterocycles. The summed E-state index contributed by atoms with van der Waals surface area (Å²) >= 11 is 0. The molecule has 0 fully saturated rings. The second kappa shape index (κ2) is 17.1. The zero-order valence-corrected chi connectivity index (χ0v) is 37.5. The predicted molar refractivity (Wildman–Crippen MR) is 270 cm³/mol. The number of benzene rings is 9. The minimum atomic E-state index is -4.68. The number of nitriles is 6. The van der Waals surface area contributed by atoms with Crippen LogP contribution in [0.25, 0.3) is 99.5 Å². The molecule has 0 aliphatic carbocycles. The molecule has 11 rings (SSSR count). The Labute approximate surface area is 409 Å². The minimum Gasteiger partial charge on any atom is -0.309 e. The fraction of sp³-hybridized carbons (Fsp3) is 0.0164. The number of hydrogen-bond acceptors (Lipinski definition) is 6. The summed E-state index contributed by atoms with van der Waals surface area (Å²) in [5.41, 5.74) is 10.1. The molecule has 0 spiro atoms. The molecule has 0 radical (unpaired) electrons. The first-order chi connectivity index (χ1) is 35.0. The molecule has 2 aromatic heterocycles. The fourth-order valence-corrected chi connectivity index (χ4v) is 9.87. The maximum absolute atomic E-state index is 14.0. The molecule has 0 aliphatic heterocycles. The van der Waals surface area contributed by atoms with Gasteiger partial charge in [0.1, 0.15) is 0 Å². The molecule has 0 aliphatic rings. The SMILES string of the molecule is N#Cc1cc(C#N)cc(-c2ccc3c(c2)c2ccccc2n3-c2ccc(C#N)cc2-c2cc(-c3ccc(C(F)(F)F)cc3C#N)ccc2-n2c3ccccc3c3cc(-c4cc(C#N)cc(C#N)c4)ccc32)c1. The van der Waals surface area contributed by atoms with E-state index < -0.39 is 11.7 Å². The molecule has 8 nitrogen and oxygen atoms in total. The van der Waals surface area contributed by atoms with Gasteiger partial charge in [-0.05, 0) is 149 Å². The Kier molecular flexibility index (Phi) is 10.4. The second-order valence-corrected chi connectivity index (χ2v) is 17.2. The standard InChI is InChI=1S/C61H29F3N8/c62-61(63,64)47-13-14-48(46(26-47)35-70)43-12-18-60(72-56-8-4-2-6-50(56)53-28-42(11-17-59(53)72)45-23-39(33-68)20-40(24-45)34-69)54(29-43)51-25-36(30-65)9-15-57(51)71-55-7-3-1-5-49(55)52-27-41(10-16-58(52)71)44-21-37(31-66)19-38(22-44)32-67/h1-29H. The molecule has 334 valence electrons. The molecule has 0 unspecified atom stereocenters. The molecule has 11 heteroatoms. The van der Waals surface area contributed by atoms with Crippen LogP contribution in [-0.4, -0.2) is 9.13 Å². The highest BCUT2D eigenvalue weighted by Crippen LogP contribution is 2.45. The third kappa shape index (κ3) is 7.29. The molecule has 0 N–H and O–H groups in total. The van der Waals surface area contributed by atoms with Gasteiger partial charge >= 0.3 is 6.18 Å². The number of para-hydroxylation sites is 2. The van der Waals surface area contributed by atoms with E-state index in [2.05, 4.69) is 39.5 Å². The first kappa shape index (κ1) is 43.9. The van der Waals surface area contributed by atoms with Crippen molar-refractivity contribution < 1.29 is 13.2 Å². The van der Waals surface area contributed by atoms with Gasteiger partial charge in [-0.3, -0.25) is 0 Å². The third-order valence-electron chi connectivity index (χ3n) is 13.1. The number of fused-ring (bicyclic) bond motifs is 6. The predicted octanol–water partition coefficient (Wildman–Crippen LogP) is 14.8. The molecule has 0 saturated carbocycles. The Bertz CT molecular complexity index is 4350. The molecular weight excluding hydrogens is 902 g/mol.